The molecule has 8 nitrogen and oxygen atoms in total. The van der Waals surface area contributed by atoms with Crippen LogP contribution in [0.2, 0.25) is 0 Å². The van der Waals surface area contributed by atoms with Crippen LogP contribution in [-0.4, -0.2) is 47.8 Å². The first-order valence-electron chi connectivity index (χ1n) is 7.55. The van der Waals surface area contributed by atoms with Gasteiger partial charge < -0.3 is 19.7 Å². The molecule has 1 aromatic rings. The van der Waals surface area contributed by atoms with Gasteiger partial charge in [-0.25, -0.2) is 9.46 Å². The maximum absolute atomic E-state index is 12.8. The lowest BCUT2D eigenvalue weighted by Gasteiger charge is -2.29. The van der Waals surface area contributed by atoms with Crippen molar-refractivity contribution < 1.29 is 28.5 Å². The van der Waals surface area contributed by atoms with Crippen LogP contribution in [0.1, 0.15) is 18.4 Å². The van der Waals surface area contributed by atoms with Crippen LogP contribution in [0.3, 0.4) is 0 Å². The number of hydrogen-bond donors (Lipinski definition) is 2. The number of benzene rings is 1. The van der Waals surface area contributed by atoms with Crippen LogP contribution in [0.4, 0.5) is 4.79 Å². The number of carbonyl (C=O) groups excluding carboxylic acids is 1. The molecule has 0 spiro atoms. The number of ether oxygens (including phenoxy) is 1. The van der Waals surface area contributed by atoms with E-state index in [1.54, 1.807) is 0 Å². The number of carboxylic acids is 1. The molecule has 1 fully saturated rings. The molecule has 0 aromatic heterocycles. The highest BCUT2D eigenvalue weighted by atomic mass is 31.2. The molecular weight excluding hydrogens is 335 g/mol. The zero-order valence-electron chi connectivity index (χ0n) is 13.4. The van der Waals surface area contributed by atoms with Crippen molar-refractivity contribution in [3.63, 3.8) is 0 Å². The number of carbonyl (C=O) groups is 2. The molecule has 1 aliphatic rings. The Morgan fingerprint density at radius 2 is 2.08 bits per heavy atom. The molecule has 9 heteroatoms. The van der Waals surface area contributed by atoms with Gasteiger partial charge in [-0.15, -0.1) is 0 Å². The van der Waals surface area contributed by atoms with Crippen molar-refractivity contribution in [1.82, 2.24) is 9.99 Å². The van der Waals surface area contributed by atoms with Crippen LogP contribution in [0.5, 0.6) is 0 Å². The fourth-order valence-corrected chi connectivity index (χ4v) is 4.50. The van der Waals surface area contributed by atoms with E-state index in [4.69, 9.17) is 9.26 Å². The number of carboxylic acid groups (broad SMARTS) is 1. The third-order valence-corrected chi connectivity index (χ3v) is 6.21. The molecule has 0 radical (unpaired) electrons. The van der Waals surface area contributed by atoms with Gasteiger partial charge in [-0.2, -0.15) is 0 Å². The van der Waals surface area contributed by atoms with Crippen molar-refractivity contribution in [2.75, 3.05) is 19.9 Å². The Hall–Kier alpha value is -1.89. The minimum atomic E-state index is -3.47. The van der Waals surface area contributed by atoms with Gasteiger partial charge in [0.25, 0.3) is 7.52 Å². The Labute approximate surface area is 140 Å². The molecule has 1 aliphatic heterocycles. The summed E-state index contributed by atoms with van der Waals surface area (Å²) in [5.74, 6) is -1.04. The second-order valence-corrected chi connectivity index (χ2v) is 7.85. The number of nitrogens with zero attached hydrogens (tertiary/aromatic N) is 1. The minimum Gasteiger partial charge on any atom is -0.480 e. The van der Waals surface area contributed by atoms with E-state index in [0.717, 1.165) is 5.56 Å². The Bertz CT molecular complexity index is 624. The zero-order valence-corrected chi connectivity index (χ0v) is 14.3. The lowest BCUT2D eigenvalue weighted by atomic mass is 10.2. The molecule has 2 rings (SSSR count). The third-order valence-electron chi connectivity index (χ3n) is 3.82. The van der Waals surface area contributed by atoms with Crippen molar-refractivity contribution in [3.8, 4) is 0 Å². The average molecular weight is 356 g/mol. The van der Waals surface area contributed by atoms with Gasteiger partial charge in [-0.1, -0.05) is 30.3 Å². The Morgan fingerprint density at radius 1 is 1.38 bits per heavy atom. The molecular formula is C15H21N2O6P. The molecule has 0 aliphatic carbocycles. The summed E-state index contributed by atoms with van der Waals surface area (Å²) in [6, 6.07) is 8.28. The highest BCUT2D eigenvalue weighted by molar-refractivity contribution is 7.56. The van der Waals surface area contributed by atoms with Gasteiger partial charge in [0.1, 0.15) is 18.9 Å². The molecule has 132 valence electrons. The van der Waals surface area contributed by atoms with E-state index in [1.165, 1.54) is 11.8 Å². The third kappa shape index (κ3) is 4.56. The second-order valence-electron chi connectivity index (χ2n) is 5.38. The van der Waals surface area contributed by atoms with Gasteiger partial charge in [0, 0.05) is 13.7 Å². The molecule has 2 atom stereocenters. The summed E-state index contributed by atoms with van der Waals surface area (Å²) in [5.41, 5.74) is 0.827. The van der Waals surface area contributed by atoms with Gasteiger partial charge in [0.15, 0.2) is 0 Å². The van der Waals surface area contributed by atoms with E-state index in [9.17, 15) is 19.3 Å². The van der Waals surface area contributed by atoms with E-state index in [2.05, 4.69) is 5.32 Å². The van der Waals surface area contributed by atoms with E-state index in [0.29, 0.717) is 19.4 Å². The summed E-state index contributed by atoms with van der Waals surface area (Å²) in [5, 5.41) is 11.6. The number of alkyl carbamates (subject to hydrolysis) is 1. The Kier molecular flexibility index (Phi) is 6.36. The SMILES string of the molecule is COP(=O)(CNC(=O)OCc1ccccc1)N1CCC[C@@H]1C(=O)O. The van der Waals surface area contributed by atoms with E-state index in [1.807, 2.05) is 30.3 Å². The predicted molar refractivity (Wildman–Crippen MR) is 86.6 cm³/mol. The van der Waals surface area contributed by atoms with Crippen molar-refractivity contribution in [3.05, 3.63) is 35.9 Å². The predicted octanol–water partition coefficient (Wildman–Crippen LogP) is 2.26. The standard InChI is InChI=1S/C15H21N2O6P/c1-22-24(21,17-9-5-8-13(17)14(18)19)11-16-15(20)23-10-12-6-3-2-4-7-12/h2-4,6-7,13H,5,8-11H2,1H3,(H,16,20)(H,18,19)/t13-,24?/m1/s1. The summed E-state index contributed by atoms with van der Waals surface area (Å²) in [6.07, 6.45) is -0.0210. The number of amides is 1. The number of nitrogens with one attached hydrogen (secondary N) is 1. The van der Waals surface area contributed by atoms with Gasteiger partial charge in [0.2, 0.25) is 0 Å². The second kappa shape index (κ2) is 8.28. The van der Waals surface area contributed by atoms with Crippen LogP contribution in [-0.2, 0) is 25.2 Å². The lowest BCUT2D eigenvalue weighted by molar-refractivity contribution is -0.140. The summed E-state index contributed by atoms with van der Waals surface area (Å²) in [6.45, 7) is 0.439. The lowest BCUT2D eigenvalue weighted by Crippen LogP contribution is -2.37. The highest BCUT2D eigenvalue weighted by Crippen LogP contribution is 2.52. The molecule has 2 N–H and O–H groups in total. The van der Waals surface area contributed by atoms with Crippen molar-refractivity contribution in [2.45, 2.75) is 25.5 Å². The van der Waals surface area contributed by atoms with E-state index in [-0.39, 0.29) is 12.9 Å². The number of rotatable bonds is 7. The summed E-state index contributed by atoms with van der Waals surface area (Å²) >= 11 is 0. The summed E-state index contributed by atoms with van der Waals surface area (Å²) in [7, 11) is -2.22. The highest BCUT2D eigenvalue weighted by Gasteiger charge is 2.43. The maximum Gasteiger partial charge on any atom is 0.407 e. The molecule has 0 bridgehead atoms. The van der Waals surface area contributed by atoms with Crippen LogP contribution in [0.25, 0.3) is 0 Å². The monoisotopic (exact) mass is 356 g/mol. The summed E-state index contributed by atoms with van der Waals surface area (Å²) < 4.78 is 24.3. The first kappa shape index (κ1) is 18.4. The molecule has 1 heterocycles. The van der Waals surface area contributed by atoms with Gasteiger partial charge in [-0.3, -0.25) is 9.36 Å². The Morgan fingerprint density at radius 3 is 2.71 bits per heavy atom. The van der Waals surface area contributed by atoms with Crippen molar-refractivity contribution >= 4 is 19.6 Å². The molecule has 24 heavy (non-hydrogen) atoms. The average Bonchev–Trinajstić information content (AvgIpc) is 3.09. The smallest absolute Gasteiger partial charge is 0.407 e. The minimum absolute atomic E-state index is 0.0887. The quantitative estimate of drug-likeness (QED) is 0.722. The van der Waals surface area contributed by atoms with Gasteiger partial charge >= 0.3 is 12.1 Å². The van der Waals surface area contributed by atoms with Crippen LogP contribution in [0.15, 0.2) is 30.3 Å². The van der Waals surface area contributed by atoms with E-state index < -0.39 is 25.6 Å². The maximum atomic E-state index is 12.8. The van der Waals surface area contributed by atoms with Crippen LogP contribution >= 0.6 is 7.52 Å². The molecule has 1 unspecified atom stereocenters. The molecule has 1 saturated heterocycles. The number of aliphatic carboxylic acids is 1. The fourth-order valence-electron chi connectivity index (χ4n) is 2.57. The largest absolute Gasteiger partial charge is 0.480 e. The first-order valence-corrected chi connectivity index (χ1v) is 9.32. The molecule has 1 amide bonds. The normalized spacial score (nSPS) is 20.3. The van der Waals surface area contributed by atoms with Crippen LogP contribution < -0.4 is 5.32 Å². The zero-order chi connectivity index (χ0) is 17.6. The van der Waals surface area contributed by atoms with Gasteiger partial charge in [0.05, 0.1) is 0 Å². The Balaban J connectivity index is 1.89. The van der Waals surface area contributed by atoms with Gasteiger partial charge in [-0.05, 0) is 18.4 Å². The first-order chi connectivity index (χ1) is 11.5. The topological polar surface area (TPSA) is 105 Å². The van der Waals surface area contributed by atoms with Crippen molar-refractivity contribution in [2.24, 2.45) is 0 Å². The fraction of sp³-hybridized carbons (Fsp3) is 0.467. The number of hydrogen-bond acceptors (Lipinski definition) is 5. The molecule has 1 aromatic carbocycles. The van der Waals surface area contributed by atoms with Crippen LogP contribution in [0, 0.1) is 0 Å². The van der Waals surface area contributed by atoms with Crippen molar-refractivity contribution in [1.29, 1.82) is 0 Å². The summed E-state index contributed by atoms with van der Waals surface area (Å²) in [4.78, 5) is 23.0. The van der Waals surface area contributed by atoms with E-state index >= 15 is 0 Å². The molecule has 0 saturated carbocycles.